The Hall–Kier alpha value is -1.76. The summed E-state index contributed by atoms with van der Waals surface area (Å²) in [5.41, 5.74) is -3.17. The second-order valence-corrected chi connectivity index (χ2v) is 12.6. The van der Waals surface area contributed by atoms with E-state index >= 15 is 0 Å². The van der Waals surface area contributed by atoms with Gasteiger partial charge >= 0.3 is 5.97 Å². The molecule has 35 heavy (non-hydrogen) atoms. The number of carbonyl (C=O) groups is 2. The van der Waals surface area contributed by atoms with Crippen LogP contribution in [0.2, 0.25) is 0 Å². The molecule has 0 aliphatic heterocycles. The van der Waals surface area contributed by atoms with Crippen molar-refractivity contribution >= 4 is 11.8 Å². The first-order valence-corrected chi connectivity index (χ1v) is 13.2. The van der Waals surface area contributed by atoms with Gasteiger partial charge < -0.3 is 19.7 Å². The summed E-state index contributed by atoms with van der Waals surface area (Å²) < 4.78 is 12.3. The van der Waals surface area contributed by atoms with Gasteiger partial charge in [0.2, 0.25) is 0 Å². The number of hydrogen-bond acceptors (Lipinski definition) is 6. The van der Waals surface area contributed by atoms with Crippen molar-refractivity contribution in [2.24, 2.45) is 39.9 Å². The maximum Gasteiger partial charge on any atom is 0.338 e. The largest absolute Gasteiger partial charge is 0.458 e. The lowest BCUT2D eigenvalue weighted by molar-refractivity contribution is -0.233. The number of rotatable bonds is 4. The summed E-state index contributed by atoms with van der Waals surface area (Å²) in [5, 5.41) is 24.1. The van der Waals surface area contributed by atoms with Crippen molar-refractivity contribution in [3.8, 4) is 0 Å². The van der Waals surface area contributed by atoms with Crippen LogP contribution in [0.3, 0.4) is 0 Å². The summed E-state index contributed by atoms with van der Waals surface area (Å²) in [4.78, 5) is 27.5. The second kappa shape index (κ2) is 7.87. The van der Waals surface area contributed by atoms with Gasteiger partial charge in [0, 0.05) is 12.0 Å². The molecule has 4 fully saturated rings. The van der Waals surface area contributed by atoms with Crippen molar-refractivity contribution in [3.63, 3.8) is 0 Å². The molecule has 10 atom stereocenters. The molecule has 0 spiro atoms. The molecule has 4 aliphatic carbocycles. The van der Waals surface area contributed by atoms with Crippen LogP contribution in [0.1, 0.15) is 71.2 Å². The smallest absolute Gasteiger partial charge is 0.338 e. The third kappa shape index (κ3) is 3.12. The number of carbonyl (C=O) groups excluding carboxylic acids is 2. The Balaban J connectivity index is 1.56. The molecule has 6 nitrogen and oxygen atoms in total. The Bertz CT molecular complexity index is 1020. The monoisotopic (exact) mass is 484 g/mol. The van der Waals surface area contributed by atoms with Gasteiger partial charge in [-0.05, 0) is 68.4 Å². The van der Waals surface area contributed by atoms with E-state index in [1.54, 1.807) is 24.3 Å². The number of esters is 1. The second-order valence-electron chi connectivity index (χ2n) is 12.6. The van der Waals surface area contributed by atoms with Gasteiger partial charge in [0.05, 0.1) is 29.1 Å². The summed E-state index contributed by atoms with van der Waals surface area (Å²) in [6, 6.07) is 8.72. The van der Waals surface area contributed by atoms with E-state index in [9.17, 15) is 19.8 Å². The molecule has 1 aromatic rings. The highest BCUT2D eigenvalue weighted by Crippen LogP contribution is 2.73. The molecule has 4 aliphatic rings. The SMILES string of the molecule is CCO[C@@H]1[C@@H]2[C@H](CC[C@@]3(C)[C@H](O)[C@H]4[C@@H](OC(=O)c5ccccc5)[C@@H](C)C[C@]4(O)C(=O)[C@@]13C)C2(C)C. The zero-order chi connectivity index (χ0) is 25.6. The van der Waals surface area contributed by atoms with Crippen LogP contribution in [0.15, 0.2) is 30.3 Å². The van der Waals surface area contributed by atoms with Gasteiger partial charge in [0.25, 0.3) is 0 Å². The summed E-state index contributed by atoms with van der Waals surface area (Å²) in [7, 11) is 0. The van der Waals surface area contributed by atoms with E-state index in [1.807, 2.05) is 33.8 Å². The Morgan fingerprint density at radius 2 is 1.77 bits per heavy atom. The van der Waals surface area contributed by atoms with Crippen LogP contribution in [0.4, 0.5) is 0 Å². The summed E-state index contributed by atoms with van der Waals surface area (Å²) in [6.45, 7) is 12.7. The molecule has 4 saturated carbocycles. The molecule has 0 amide bonds. The van der Waals surface area contributed by atoms with Gasteiger partial charge in [0.15, 0.2) is 5.78 Å². The zero-order valence-corrected chi connectivity index (χ0v) is 21.8. The topological polar surface area (TPSA) is 93.1 Å². The molecular formula is C29H40O6. The lowest BCUT2D eigenvalue weighted by Crippen LogP contribution is -2.72. The van der Waals surface area contributed by atoms with Crippen LogP contribution >= 0.6 is 0 Å². The first-order valence-electron chi connectivity index (χ1n) is 13.2. The number of hydrogen-bond donors (Lipinski definition) is 2. The molecule has 2 N–H and O–H groups in total. The lowest BCUT2D eigenvalue weighted by Gasteiger charge is -2.60. The highest BCUT2D eigenvalue weighted by molar-refractivity contribution is 5.96. The van der Waals surface area contributed by atoms with Crippen LogP contribution in [-0.4, -0.2) is 52.5 Å². The number of benzene rings is 1. The number of ketones is 1. The van der Waals surface area contributed by atoms with Crippen LogP contribution in [0.25, 0.3) is 0 Å². The fraction of sp³-hybridized carbons (Fsp3) is 0.724. The zero-order valence-electron chi connectivity index (χ0n) is 21.8. The number of Topliss-reactive ketones (excluding diaryl/α,β-unsaturated/α-hetero) is 1. The first kappa shape index (κ1) is 24.9. The number of aliphatic hydroxyl groups is 2. The molecule has 0 saturated heterocycles. The Labute approximate surface area is 208 Å². The van der Waals surface area contributed by atoms with Gasteiger partial charge in [-0.15, -0.1) is 0 Å². The molecule has 0 unspecified atom stereocenters. The van der Waals surface area contributed by atoms with E-state index in [0.717, 1.165) is 6.42 Å². The van der Waals surface area contributed by atoms with Gasteiger partial charge in [-0.2, -0.15) is 0 Å². The summed E-state index contributed by atoms with van der Waals surface area (Å²) in [5.74, 6) is -1.29. The van der Waals surface area contributed by atoms with Crippen molar-refractivity contribution in [3.05, 3.63) is 35.9 Å². The van der Waals surface area contributed by atoms with Crippen molar-refractivity contribution in [1.29, 1.82) is 0 Å². The lowest BCUT2D eigenvalue weighted by atomic mass is 9.46. The van der Waals surface area contributed by atoms with Crippen molar-refractivity contribution < 1.29 is 29.3 Å². The van der Waals surface area contributed by atoms with E-state index in [0.29, 0.717) is 24.5 Å². The highest BCUT2D eigenvalue weighted by atomic mass is 16.5. The summed E-state index contributed by atoms with van der Waals surface area (Å²) in [6.07, 6.45) is -0.446. The minimum Gasteiger partial charge on any atom is -0.458 e. The summed E-state index contributed by atoms with van der Waals surface area (Å²) >= 11 is 0. The van der Waals surface area contributed by atoms with E-state index in [4.69, 9.17) is 9.47 Å². The maximum absolute atomic E-state index is 14.5. The quantitative estimate of drug-likeness (QED) is 0.627. The van der Waals surface area contributed by atoms with Crippen LogP contribution in [-0.2, 0) is 14.3 Å². The van der Waals surface area contributed by atoms with Crippen molar-refractivity contribution in [1.82, 2.24) is 0 Å². The molecule has 0 heterocycles. The molecule has 0 aromatic heterocycles. The third-order valence-electron chi connectivity index (χ3n) is 10.8. The minimum atomic E-state index is -1.77. The third-order valence-corrected chi connectivity index (χ3v) is 10.8. The Morgan fingerprint density at radius 1 is 1.11 bits per heavy atom. The fourth-order valence-corrected chi connectivity index (χ4v) is 8.49. The van der Waals surface area contributed by atoms with Gasteiger partial charge in [-0.25, -0.2) is 4.79 Å². The van der Waals surface area contributed by atoms with Gasteiger partial charge in [-0.3, -0.25) is 4.79 Å². The normalized spacial score (nSPS) is 47.8. The van der Waals surface area contributed by atoms with E-state index in [2.05, 4.69) is 13.8 Å². The maximum atomic E-state index is 14.5. The molecule has 1 aromatic carbocycles. The van der Waals surface area contributed by atoms with Crippen molar-refractivity contribution in [2.45, 2.75) is 84.7 Å². The Kier molecular flexibility index (Phi) is 5.60. The molecule has 0 radical (unpaired) electrons. The predicted octanol–water partition coefficient (Wildman–Crippen LogP) is 4.03. The average Bonchev–Trinajstić information content (AvgIpc) is 3.29. The molecule has 6 heteroatoms. The number of aliphatic hydroxyl groups excluding tert-OH is 1. The standard InChI is InChI=1S/C29H40O6/c1-7-34-23-19-18(26(19,3)4)13-14-27(5)22(30)20-21(35-24(31)17-11-9-8-10-12-17)16(2)15-29(20,33)25(32)28(23,27)6/h8-12,16,18-23,30,33H,7,13-15H2,1-6H3/t16-,18-,19-,20+,21-,22+,23+,27-,28+,29+/m0/s1. The van der Waals surface area contributed by atoms with Crippen LogP contribution < -0.4 is 0 Å². The van der Waals surface area contributed by atoms with E-state index in [1.165, 1.54) is 0 Å². The Morgan fingerprint density at radius 3 is 2.40 bits per heavy atom. The predicted molar refractivity (Wildman–Crippen MR) is 131 cm³/mol. The molecule has 192 valence electrons. The van der Waals surface area contributed by atoms with Crippen LogP contribution in [0, 0.1) is 39.9 Å². The molecule has 0 bridgehead atoms. The van der Waals surface area contributed by atoms with Gasteiger partial charge in [0.1, 0.15) is 11.7 Å². The highest BCUT2D eigenvalue weighted by Gasteiger charge is 2.79. The van der Waals surface area contributed by atoms with E-state index in [-0.39, 0.29) is 35.6 Å². The minimum absolute atomic E-state index is 0.0611. The van der Waals surface area contributed by atoms with Crippen LogP contribution in [0.5, 0.6) is 0 Å². The average molecular weight is 485 g/mol. The van der Waals surface area contributed by atoms with Gasteiger partial charge in [-0.1, -0.05) is 45.9 Å². The first-order chi connectivity index (χ1) is 16.4. The van der Waals surface area contributed by atoms with Crippen molar-refractivity contribution in [2.75, 3.05) is 6.61 Å². The molecule has 5 rings (SSSR count). The fourth-order valence-electron chi connectivity index (χ4n) is 8.49. The number of ether oxygens (including phenoxy) is 2. The number of fused-ring (bicyclic) bond motifs is 3. The molecular weight excluding hydrogens is 444 g/mol. The van der Waals surface area contributed by atoms with E-state index < -0.39 is 40.5 Å².